The standard InChI is InChI=1S/C21H19N3O4/c1-2-28-21(25)19(14-17-9-6-10-18(13-17)24(26)27)20-22-11-12-23(20)15-16-7-4-3-5-8-16/h3-14H,2,15H2,1H3/b19-14+. The molecule has 0 saturated carbocycles. The van der Waals surface area contributed by atoms with Gasteiger partial charge in [0.2, 0.25) is 0 Å². The van der Waals surface area contributed by atoms with Gasteiger partial charge < -0.3 is 9.30 Å². The Labute approximate surface area is 162 Å². The predicted octanol–water partition coefficient (Wildman–Crippen LogP) is 3.94. The molecule has 142 valence electrons. The summed E-state index contributed by atoms with van der Waals surface area (Å²) in [5, 5.41) is 11.0. The number of hydrogen-bond donors (Lipinski definition) is 0. The van der Waals surface area contributed by atoms with E-state index in [9.17, 15) is 14.9 Å². The molecule has 0 bridgehead atoms. The van der Waals surface area contributed by atoms with Crippen molar-refractivity contribution in [2.45, 2.75) is 13.5 Å². The lowest BCUT2D eigenvalue weighted by atomic mass is 10.1. The second-order valence-corrected chi connectivity index (χ2v) is 5.99. The molecule has 7 heteroatoms. The fraction of sp³-hybridized carbons (Fsp3) is 0.143. The van der Waals surface area contributed by atoms with Crippen molar-refractivity contribution in [2.24, 2.45) is 0 Å². The van der Waals surface area contributed by atoms with Gasteiger partial charge in [-0.05, 0) is 24.1 Å². The summed E-state index contributed by atoms with van der Waals surface area (Å²) in [6.45, 7) is 2.46. The molecule has 2 aromatic carbocycles. The Kier molecular flexibility index (Phi) is 5.96. The molecule has 0 N–H and O–H groups in total. The Bertz CT molecular complexity index is 1010. The van der Waals surface area contributed by atoms with Crippen molar-refractivity contribution in [3.05, 3.63) is 94.1 Å². The fourth-order valence-electron chi connectivity index (χ4n) is 2.78. The van der Waals surface area contributed by atoms with Gasteiger partial charge in [-0.3, -0.25) is 10.1 Å². The minimum Gasteiger partial charge on any atom is -0.462 e. The van der Waals surface area contributed by atoms with Crippen LogP contribution in [-0.2, 0) is 16.1 Å². The number of esters is 1. The van der Waals surface area contributed by atoms with Gasteiger partial charge in [0, 0.05) is 31.1 Å². The molecule has 0 atom stereocenters. The number of carbonyl (C=O) groups is 1. The molecule has 1 heterocycles. The molecule has 0 amide bonds. The SMILES string of the molecule is CCOC(=O)/C(=C/c1cccc([N+](=O)[O-])c1)c1nccn1Cc1ccccc1. The third-order valence-corrected chi connectivity index (χ3v) is 4.04. The smallest absolute Gasteiger partial charge is 0.341 e. The molecule has 0 aliphatic rings. The number of imidazole rings is 1. The Balaban J connectivity index is 2.02. The first-order valence-electron chi connectivity index (χ1n) is 8.77. The van der Waals surface area contributed by atoms with Crippen LogP contribution in [0.25, 0.3) is 11.6 Å². The van der Waals surface area contributed by atoms with Gasteiger partial charge in [0.15, 0.2) is 0 Å². The number of nitro benzene ring substituents is 1. The quantitative estimate of drug-likeness (QED) is 0.269. The van der Waals surface area contributed by atoms with Crippen molar-refractivity contribution in [2.75, 3.05) is 6.61 Å². The van der Waals surface area contributed by atoms with Crippen LogP contribution in [0, 0.1) is 10.1 Å². The molecule has 0 fully saturated rings. The lowest BCUT2D eigenvalue weighted by Crippen LogP contribution is -2.12. The van der Waals surface area contributed by atoms with Crippen LogP contribution in [-0.4, -0.2) is 27.1 Å². The molecule has 0 aliphatic carbocycles. The maximum Gasteiger partial charge on any atom is 0.341 e. The molecule has 0 unspecified atom stereocenters. The minimum atomic E-state index is -0.533. The van der Waals surface area contributed by atoms with Crippen LogP contribution in [0.5, 0.6) is 0 Å². The van der Waals surface area contributed by atoms with Gasteiger partial charge >= 0.3 is 5.97 Å². The van der Waals surface area contributed by atoms with E-state index >= 15 is 0 Å². The highest BCUT2D eigenvalue weighted by molar-refractivity contribution is 6.20. The second-order valence-electron chi connectivity index (χ2n) is 5.99. The van der Waals surface area contributed by atoms with E-state index in [1.165, 1.54) is 12.1 Å². The van der Waals surface area contributed by atoms with Crippen LogP contribution >= 0.6 is 0 Å². The van der Waals surface area contributed by atoms with Crippen LogP contribution in [0.15, 0.2) is 67.0 Å². The summed E-state index contributed by atoms with van der Waals surface area (Å²) in [5.41, 5.74) is 1.76. The first-order valence-corrected chi connectivity index (χ1v) is 8.77. The third kappa shape index (κ3) is 4.50. The summed E-state index contributed by atoms with van der Waals surface area (Å²) in [6.07, 6.45) is 4.95. The molecular weight excluding hydrogens is 358 g/mol. The Hall–Kier alpha value is -3.74. The topological polar surface area (TPSA) is 87.3 Å². The van der Waals surface area contributed by atoms with Crippen LogP contribution in [0.2, 0.25) is 0 Å². The van der Waals surface area contributed by atoms with Crippen molar-refractivity contribution in [3.63, 3.8) is 0 Å². The van der Waals surface area contributed by atoms with Crippen molar-refractivity contribution < 1.29 is 14.5 Å². The monoisotopic (exact) mass is 377 g/mol. The fourth-order valence-corrected chi connectivity index (χ4v) is 2.78. The highest BCUT2D eigenvalue weighted by atomic mass is 16.6. The average molecular weight is 377 g/mol. The van der Waals surface area contributed by atoms with E-state index in [0.717, 1.165) is 5.56 Å². The van der Waals surface area contributed by atoms with Gasteiger partial charge in [-0.25, -0.2) is 9.78 Å². The molecule has 1 aromatic heterocycles. The van der Waals surface area contributed by atoms with Crippen molar-refractivity contribution in [1.82, 2.24) is 9.55 Å². The molecule has 0 radical (unpaired) electrons. The lowest BCUT2D eigenvalue weighted by Gasteiger charge is -2.11. The Morgan fingerprint density at radius 2 is 2.00 bits per heavy atom. The molecule has 28 heavy (non-hydrogen) atoms. The number of benzene rings is 2. The minimum absolute atomic E-state index is 0.0513. The summed E-state index contributed by atoms with van der Waals surface area (Å²) < 4.78 is 7.03. The van der Waals surface area contributed by atoms with E-state index in [1.807, 2.05) is 34.9 Å². The molecule has 7 nitrogen and oxygen atoms in total. The van der Waals surface area contributed by atoms with Gasteiger partial charge in [-0.2, -0.15) is 0 Å². The maximum absolute atomic E-state index is 12.6. The predicted molar refractivity (Wildman–Crippen MR) is 105 cm³/mol. The highest BCUT2D eigenvalue weighted by Crippen LogP contribution is 2.22. The molecule has 3 aromatic rings. The van der Waals surface area contributed by atoms with Gasteiger partial charge in [0.1, 0.15) is 11.4 Å². The largest absolute Gasteiger partial charge is 0.462 e. The molecular formula is C21H19N3O4. The van der Waals surface area contributed by atoms with Gasteiger partial charge in [-0.1, -0.05) is 42.5 Å². The number of non-ortho nitro benzene ring substituents is 1. The highest BCUT2D eigenvalue weighted by Gasteiger charge is 2.19. The van der Waals surface area contributed by atoms with Gasteiger partial charge in [0.05, 0.1) is 11.5 Å². The number of ether oxygens (including phenoxy) is 1. The van der Waals surface area contributed by atoms with Crippen LogP contribution in [0.3, 0.4) is 0 Å². The summed E-state index contributed by atoms with van der Waals surface area (Å²) in [6, 6.07) is 15.9. The van der Waals surface area contributed by atoms with Crippen LogP contribution in [0.1, 0.15) is 23.9 Å². The van der Waals surface area contributed by atoms with Gasteiger partial charge in [-0.15, -0.1) is 0 Å². The zero-order valence-corrected chi connectivity index (χ0v) is 15.3. The van der Waals surface area contributed by atoms with E-state index < -0.39 is 10.9 Å². The zero-order valence-electron chi connectivity index (χ0n) is 15.3. The van der Waals surface area contributed by atoms with Crippen molar-refractivity contribution in [3.8, 4) is 0 Å². The second kappa shape index (κ2) is 8.77. The number of nitro groups is 1. The Morgan fingerprint density at radius 1 is 1.21 bits per heavy atom. The van der Waals surface area contributed by atoms with Crippen molar-refractivity contribution in [1.29, 1.82) is 0 Å². The van der Waals surface area contributed by atoms with Crippen LogP contribution < -0.4 is 0 Å². The van der Waals surface area contributed by atoms with E-state index in [4.69, 9.17) is 4.74 Å². The molecule has 0 aliphatic heterocycles. The number of hydrogen-bond acceptors (Lipinski definition) is 5. The van der Waals surface area contributed by atoms with Crippen LogP contribution in [0.4, 0.5) is 5.69 Å². The van der Waals surface area contributed by atoms with Gasteiger partial charge in [0.25, 0.3) is 5.69 Å². The lowest BCUT2D eigenvalue weighted by molar-refractivity contribution is -0.384. The number of carbonyl (C=O) groups excluding carboxylic acids is 1. The normalized spacial score (nSPS) is 11.2. The van der Waals surface area contributed by atoms with E-state index in [-0.39, 0.29) is 17.9 Å². The number of rotatable bonds is 7. The van der Waals surface area contributed by atoms with E-state index in [1.54, 1.807) is 37.5 Å². The molecule has 0 spiro atoms. The first-order chi connectivity index (χ1) is 13.6. The Morgan fingerprint density at radius 3 is 2.71 bits per heavy atom. The van der Waals surface area contributed by atoms with Crippen molar-refractivity contribution >= 4 is 23.3 Å². The number of nitrogens with zero attached hydrogens (tertiary/aromatic N) is 3. The average Bonchev–Trinajstić information content (AvgIpc) is 3.15. The molecule has 0 saturated heterocycles. The third-order valence-electron chi connectivity index (χ3n) is 4.04. The summed E-state index contributed by atoms with van der Waals surface area (Å²) in [5.74, 6) is -0.0941. The van der Waals surface area contributed by atoms with E-state index in [0.29, 0.717) is 17.9 Å². The molecule has 3 rings (SSSR count). The summed E-state index contributed by atoms with van der Waals surface area (Å²) in [4.78, 5) is 27.5. The number of aromatic nitrogens is 2. The maximum atomic E-state index is 12.6. The first kappa shape index (κ1) is 19.0. The summed E-state index contributed by atoms with van der Waals surface area (Å²) >= 11 is 0. The summed E-state index contributed by atoms with van der Waals surface area (Å²) in [7, 11) is 0. The van der Waals surface area contributed by atoms with E-state index in [2.05, 4.69) is 4.98 Å². The zero-order chi connectivity index (χ0) is 19.9.